The maximum absolute atomic E-state index is 11.8. The Morgan fingerprint density at radius 2 is 2.31 bits per heavy atom. The second kappa shape index (κ2) is 4.01. The van der Waals surface area contributed by atoms with Gasteiger partial charge in [0.15, 0.2) is 0 Å². The Bertz CT molecular complexity index is 427. The summed E-state index contributed by atoms with van der Waals surface area (Å²) in [6.07, 6.45) is 1.40. The number of aryl methyl sites for hydroxylation is 1. The van der Waals surface area contributed by atoms with Crippen LogP contribution in [0.15, 0.2) is 6.33 Å². The van der Waals surface area contributed by atoms with Gasteiger partial charge in [-0.15, -0.1) is 0 Å². The van der Waals surface area contributed by atoms with Crippen molar-refractivity contribution in [1.29, 1.82) is 0 Å². The van der Waals surface area contributed by atoms with Gasteiger partial charge >= 0.3 is 0 Å². The van der Waals surface area contributed by atoms with Crippen molar-refractivity contribution >= 4 is 11.8 Å². The van der Waals surface area contributed by atoms with Crippen LogP contribution in [0.25, 0.3) is 0 Å². The first-order valence-electron chi connectivity index (χ1n) is 5.00. The maximum atomic E-state index is 11.8. The van der Waals surface area contributed by atoms with Gasteiger partial charge < -0.3 is 0 Å². The lowest BCUT2D eigenvalue weighted by molar-refractivity contribution is -0.149. The molecule has 2 rings (SSSR count). The highest BCUT2D eigenvalue weighted by Crippen LogP contribution is 2.07. The van der Waals surface area contributed by atoms with Crippen LogP contribution in [0, 0.1) is 0 Å². The highest BCUT2D eigenvalue weighted by Gasteiger charge is 2.31. The number of carbonyl (C=O) groups excluding carboxylic acids is 2. The van der Waals surface area contributed by atoms with E-state index in [0.717, 1.165) is 0 Å². The lowest BCUT2D eigenvalue weighted by Crippen LogP contribution is -2.56. The zero-order chi connectivity index (χ0) is 11.7. The van der Waals surface area contributed by atoms with Gasteiger partial charge in [-0.05, 0) is 6.92 Å². The molecule has 0 bridgehead atoms. The molecule has 0 aliphatic carbocycles. The van der Waals surface area contributed by atoms with Gasteiger partial charge in [0.05, 0.1) is 19.1 Å². The minimum Gasteiger partial charge on any atom is -0.298 e. The molecule has 1 saturated heterocycles. The smallest absolute Gasteiger partial charge is 0.246 e. The van der Waals surface area contributed by atoms with E-state index < -0.39 is 0 Å². The van der Waals surface area contributed by atoms with E-state index in [1.54, 1.807) is 18.7 Å². The zero-order valence-electron chi connectivity index (χ0n) is 9.17. The molecule has 86 valence electrons. The summed E-state index contributed by atoms with van der Waals surface area (Å²) in [6, 6.07) is -0.328. The lowest BCUT2D eigenvalue weighted by atomic mass is 10.2. The van der Waals surface area contributed by atoms with E-state index in [-0.39, 0.29) is 30.9 Å². The summed E-state index contributed by atoms with van der Waals surface area (Å²) in [5.41, 5.74) is 0. The summed E-state index contributed by atoms with van der Waals surface area (Å²) < 4.78 is 1.55. The average molecular weight is 223 g/mol. The van der Waals surface area contributed by atoms with Gasteiger partial charge in [0.25, 0.3) is 0 Å². The quantitative estimate of drug-likeness (QED) is 0.628. The monoisotopic (exact) mass is 223 g/mol. The Hall–Kier alpha value is -1.76. The Morgan fingerprint density at radius 1 is 1.56 bits per heavy atom. The van der Waals surface area contributed by atoms with Crippen LogP contribution in [-0.2, 0) is 23.2 Å². The molecule has 2 heterocycles. The summed E-state index contributed by atoms with van der Waals surface area (Å²) in [6.45, 7) is 2.10. The van der Waals surface area contributed by atoms with E-state index >= 15 is 0 Å². The third kappa shape index (κ3) is 1.81. The maximum Gasteiger partial charge on any atom is 0.246 e. The van der Waals surface area contributed by atoms with E-state index in [0.29, 0.717) is 5.82 Å². The van der Waals surface area contributed by atoms with Crippen molar-refractivity contribution in [2.45, 2.75) is 19.5 Å². The third-order valence-electron chi connectivity index (χ3n) is 2.60. The molecule has 0 spiro atoms. The fourth-order valence-corrected chi connectivity index (χ4v) is 1.55. The number of aromatic nitrogens is 3. The van der Waals surface area contributed by atoms with E-state index in [4.69, 9.17) is 0 Å². The molecule has 16 heavy (non-hydrogen) atoms. The van der Waals surface area contributed by atoms with Crippen molar-refractivity contribution < 1.29 is 9.59 Å². The summed E-state index contributed by atoms with van der Waals surface area (Å²) in [5.74, 6) is 0.140. The van der Waals surface area contributed by atoms with Crippen LogP contribution in [0.4, 0.5) is 0 Å². The van der Waals surface area contributed by atoms with Crippen LogP contribution in [0.5, 0.6) is 0 Å². The zero-order valence-corrected chi connectivity index (χ0v) is 9.17. The highest BCUT2D eigenvalue weighted by molar-refractivity contribution is 6.00. The standard InChI is InChI=1S/C9H13N5O2/c1-6-9(16)14(8(15)3-10-6)4-7-11-5-12-13(7)2/h5-6,10H,3-4H2,1-2H3. The van der Waals surface area contributed by atoms with Gasteiger partial charge in [-0.25, -0.2) is 4.98 Å². The summed E-state index contributed by atoms with van der Waals surface area (Å²) >= 11 is 0. The van der Waals surface area contributed by atoms with E-state index in [1.807, 2.05) is 0 Å². The number of carbonyl (C=O) groups is 2. The van der Waals surface area contributed by atoms with Gasteiger partial charge in [-0.1, -0.05) is 0 Å². The Labute approximate surface area is 92.4 Å². The molecule has 1 aromatic rings. The molecular weight excluding hydrogens is 210 g/mol. The number of piperazine rings is 1. The van der Waals surface area contributed by atoms with Crippen molar-refractivity contribution in [3.8, 4) is 0 Å². The molecule has 1 aromatic heterocycles. The number of rotatable bonds is 2. The summed E-state index contributed by atoms with van der Waals surface area (Å²) in [4.78, 5) is 28.5. The van der Waals surface area contributed by atoms with Crippen LogP contribution in [-0.4, -0.2) is 44.1 Å². The predicted molar refractivity (Wildman–Crippen MR) is 54.0 cm³/mol. The SMILES string of the molecule is CC1NCC(=O)N(Cc2ncnn2C)C1=O. The molecule has 0 aromatic carbocycles. The van der Waals surface area contributed by atoms with E-state index in [1.165, 1.54) is 11.2 Å². The van der Waals surface area contributed by atoms with Crippen molar-refractivity contribution in [2.24, 2.45) is 7.05 Å². The van der Waals surface area contributed by atoms with Gasteiger partial charge in [0.1, 0.15) is 12.2 Å². The lowest BCUT2D eigenvalue weighted by Gasteiger charge is -2.29. The molecule has 1 fully saturated rings. The minimum atomic E-state index is -0.328. The predicted octanol–water partition coefficient (Wildman–Crippen LogP) is -1.34. The van der Waals surface area contributed by atoms with Gasteiger partial charge in [-0.2, -0.15) is 5.10 Å². The van der Waals surface area contributed by atoms with Crippen LogP contribution in [0.3, 0.4) is 0 Å². The van der Waals surface area contributed by atoms with Crippen LogP contribution >= 0.6 is 0 Å². The first-order chi connectivity index (χ1) is 7.59. The fraction of sp³-hybridized carbons (Fsp3) is 0.556. The number of nitrogens with zero attached hydrogens (tertiary/aromatic N) is 4. The number of amides is 2. The Balaban J connectivity index is 2.16. The molecular formula is C9H13N5O2. The molecule has 1 N–H and O–H groups in total. The van der Waals surface area contributed by atoms with Gasteiger partial charge in [-0.3, -0.25) is 24.5 Å². The molecule has 7 nitrogen and oxygen atoms in total. The first kappa shape index (κ1) is 10.7. The normalized spacial score (nSPS) is 21.6. The highest BCUT2D eigenvalue weighted by atomic mass is 16.2. The van der Waals surface area contributed by atoms with Crippen molar-refractivity contribution in [2.75, 3.05) is 6.54 Å². The molecule has 1 unspecified atom stereocenters. The number of hydrogen-bond acceptors (Lipinski definition) is 5. The number of imide groups is 1. The second-order valence-electron chi connectivity index (χ2n) is 3.72. The second-order valence-corrected chi connectivity index (χ2v) is 3.72. The molecule has 1 aliphatic heterocycles. The van der Waals surface area contributed by atoms with E-state index in [9.17, 15) is 9.59 Å². The summed E-state index contributed by atoms with van der Waals surface area (Å²) in [7, 11) is 1.73. The average Bonchev–Trinajstić information content (AvgIpc) is 2.65. The third-order valence-corrected chi connectivity index (χ3v) is 2.60. The minimum absolute atomic E-state index is 0.181. The van der Waals surface area contributed by atoms with Crippen molar-refractivity contribution in [3.05, 3.63) is 12.2 Å². The fourth-order valence-electron chi connectivity index (χ4n) is 1.55. The van der Waals surface area contributed by atoms with Crippen molar-refractivity contribution in [1.82, 2.24) is 25.0 Å². The molecule has 1 aliphatic rings. The molecule has 2 amide bonds. The Morgan fingerprint density at radius 3 is 2.94 bits per heavy atom. The molecule has 7 heteroatoms. The molecule has 1 atom stereocenters. The van der Waals surface area contributed by atoms with Crippen LogP contribution in [0.2, 0.25) is 0 Å². The summed E-state index contributed by atoms with van der Waals surface area (Å²) in [5, 5.41) is 6.71. The number of nitrogens with one attached hydrogen (secondary N) is 1. The van der Waals surface area contributed by atoms with Crippen LogP contribution < -0.4 is 5.32 Å². The molecule has 0 saturated carbocycles. The van der Waals surface area contributed by atoms with Gasteiger partial charge in [0, 0.05) is 7.05 Å². The largest absolute Gasteiger partial charge is 0.298 e. The Kier molecular flexibility index (Phi) is 2.69. The topological polar surface area (TPSA) is 80.1 Å². The van der Waals surface area contributed by atoms with Crippen LogP contribution in [0.1, 0.15) is 12.7 Å². The van der Waals surface area contributed by atoms with E-state index in [2.05, 4.69) is 15.4 Å². The number of hydrogen-bond donors (Lipinski definition) is 1. The first-order valence-corrected chi connectivity index (χ1v) is 5.00. The molecule has 0 radical (unpaired) electrons. The van der Waals surface area contributed by atoms with Crippen molar-refractivity contribution in [3.63, 3.8) is 0 Å². The van der Waals surface area contributed by atoms with Gasteiger partial charge in [0.2, 0.25) is 11.8 Å².